The van der Waals surface area contributed by atoms with Crippen LogP contribution in [0.4, 0.5) is 27.6 Å². The summed E-state index contributed by atoms with van der Waals surface area (Å²) in [6.45, 7) is 0. The Morgan fingerprint density at radius 1 is 1.16 bits per heavy atom. The Morgan fingerprint density at radius 2 is 1.84 bits per heavy atom. The quantitative estimate of drug-likeness (QED) is 0.582. The van der Waals surface area contributed by atoms with Gasteiger partial charge in [-0.1, -0.05) is 6.07 Å². The average molecular weight is 438 g/mol. The maximum Gasteiger partial charge on any atom is 0.573 e. The first-order valence-corrected chi connectivity index (χ1v) is 9.17. The van der Waals surface area contributed by atoms with Gasteiger partial charge in [0.25, 0.3) is 5.91 Å². The van der Waals surface area contributed by atoms with Crippen LogP contribution in [-0.2, 0) is 7.05 Å². The van der Waals surface area contributed by atoms with Gasteiger partial charge in [-0.25, -0.2) is 8.78 Å². The Kier molecular flexibility index (Phi) is 5.11. The summed E-state index contributed by atoms with van der Waals surface area (Å²) in [6.07, 6.45) is -1.59. The molecule has 1 N–H and O–H groups in total. The van der Waals surface area contributed by atoms with Gasteiger partial charge in [0, 0.05) is 12.6 Å². The number of nitrogens with one attached hydrogen (secondary N) is 1. The highest BCUT2D eigenvalue weighted by Crippen LogP contribution is 2.45. The van der Waals surface area contributed by atoms with Crippen molar-refractivity contribution in [3.8, 4) is 17.0 Å². The van der Waals surface area contributed by atoms with Crippen LogP contribution in [0.2, 0.25) is 0 Å². The fourth-order valence-electron chi connectivity index (χ4n) is 3.24. The average Bonchev–Trinajstić information content (AvgIpc) is 3.45. The Balaban J connectivity index is 1.68. The molecule has 162 valence electrons. The number of benzene rings is 1. The molecule has 0 unspecified atom stereocenters. The van der Waals surface area contributed by atoms with E-state index in [0.29, 0.717) is 11.3 Å². The molecular weight excluding hydrogens is 423 g/mol. The summed E-state index contributed by atoms with van der Waals surface area (Å²) in [5, 5.41) is 6.15. The van der Waals surface area contributed by atoms with Crippen molar-refractivity contribution in [2.45, 2.75) is 25.1 Å². The third-order valence-electron chi connectivity index (χ3n) is 4.76. The minimum atomic E-state index is -4.85. The summed E-state index contributed by atoms with van der Waals surface area (Å²) in [5.41, 5.74) is 0.745. The van der Waals surface area contributed by atoms with E-state index in [0.717, 1.165) is 30.8 Å². The molecule has 31 heavy (non-hydrogen) atoms. The van der Waals surface area contributed by atoms with E-state index >= 15 is 0 Å². The van der Waals surface area contributed by atoms with Gasteiger partial charge in [0.2, 0.25) is 0 Å². The first-order valence-electron chi connectivity index (χ1n) is 9.17. The second-order valence-electron chi connectivity index (χ2n) is 7.04. The van der Waals surface area contributed by atoms with Crippen LogP contribution >= 0.6 is 0 Å². The van der Waals surface area contributed by atoms with E-state index in [1.807, 2.05) is 0 Å². The summed E-state index contributed by atoms with van der Waals surface area (Å²) in [5.74, 6) is -3.22. The molecule has 4 rings (SSSR count). The fraction of sp³-hybridized carbons (Fsp3) is 0.250. The van der Waals surface area contributed by atoms with Crippen LogP contribution in [0.5, 0.6) is 5.75 Å². The summed E-state index contributed by atoms with van der Waals surface area (Å²) < 4.78 is 70.8. The molecule has 0 spiro atoms. The molecule has 2 heterocycles. The smallest absolute Gasteiger partial charge is 0.406 e. The number of hydrogen-bond acceptors (Lipinski definition) is 4. The van der Waals surface area contributed by atoms with Gasteiger partial charge in [-0.05, 0) is 42.5 Å². The first kappa shape index (κ1) is 20.8. The number of carbonyl (C=O) groups excluding carboxylic acids is 1. The summed E-state index contributed by atoms with van der Waals surface area (Å²) in [6, 6.07) is 5.37. The van der Waals surface area contributed by atoms with E-state index in [2.05, 4.69) is 20.1 Å². The SMILES string of the molecule is Cn1nc(C(=O)Nc2c(F)cncc2F)cc1-c1cc(OC(F)(F)F)ccc1C1CC1. The minimum absolute atomic E-state index is 0.169. The van der Waals surface area contributed by atoms with Crippen molar-refractivity contribution < 1.29 is 31.5 Å². The molecule has 2 aromatic heterocycles. The Labute approximate surface area is 172 Å². The molecule has 0 radical (unpaired) electrons. The number of aryl methyl sites for hydroxylation is 1. The van der Waals surface area contributed by atoms with Crippen LogP contribution in [0.15, 0.2) is 36.7 Å². The monoisotopic (exact) mass is 438 g/mol. The molecule has 11 heteroatoms. The van der Waals surface area contributed by atoms with Crippen molar-refractivity contribution in [2.24, 2.45) is 7.05 Å². The number of pyridine rings is 1. The molecule has 1 saturated carbocycles. The van der Waals surface area contributed by atoms with Crippen molar-refractivity contribution in [1.29, 1.82) is 0 Å². The molecule has 1 amide bonds. The number of aromatic nitrogens is 3. The summed E-state index contributed by atoms with van der Waals surface area (Å²) in [7, 11) is 1.51. The summed E-state index contributed by atoms with van der Waals surface area (Å²) >= 11 is 0. The standard InChI is InChI=1S/C20H15F5N4O2/c1-29-17(7-16(28-29)19(30)27-18-14(21)8-26-9-15(18)22)13-6-11(31-20(23,24)25)4-5-12(13)10-2-3-10/h4-10H,2-3H2,1H3,(H,26,27,30). The second kappa shape index (κ2) is 7.64. The second-order valence-corrected chi connectivity index (χ2v) is 7.04. The molecule has 3 aromatic rings. The third-order valence-corrected chi connectivity index (χ3v) is 4.76. The van der Waals surface area contributed by atoms with E-state index in [1.165, 1.54) is 29.9 Å². The molecule has 1 aliphatic rings. The topological polar surface area (TPSA) is 69.0 Å². The van der Waals surface area contributed by atoms with Crippen molar-refractivity contribution in [3.63, 3.8) is 0 Å². The van der Waals surface area contributed by atoms with Gasteiger partial charge < -0.3 is 10.1 Å². The van der Waals surface area contributed by atoms with Crippen molar-refractivity contribution in [2.75, 3.05) is 5.32 Å². The molecule has 0 aliphatic heterocycles. The number of amides is 1. The van der Waals surface area contributed by atoms with E-state index in [-0.39, 0.29) is 11.6 Å². The minimum Gasteiger partial charge on any atom is -0.406 e. The maximum absolute atomic E-state index is 13.8. The number of ether oxygens (including phenoxy) is 1. The van der Waals surface area contributed by atoms with Crippen molar-refractivity contribution >= 4 is 11.6 Å². The highest BCUT2D eigenvalue weighted by molar-refractivity contribution is 6.03. The van der Waals surface area contributed by atoms with Gasteiger partial charge in [0.1, 0.15) is 11.4 Å². The van der Waals surface area contributed by atoms with Crippen molar-refractivity contribution in [1.82, 2.24) is 14.8 Å². The zero-order valence-corrected chi connectivity index (χ0v) is 16.0. The van der Waals surface area contributed by atoms with Crippen LogP contribution in [0.3, 0.4) is 0 Å². The number of rotatable bonds is 5. The normalized spacial score (nSPS) is 13.9. The highest BCUT2D eigenvalue weighted by Gasteiger charge is 2.33. The van der Waals surface area contributed by atoms with Gasteiger partial charge in [-0.2, -0.15) is 5.10 Å². The van der Waals surface area contributed by atoms with Crippen LogP contribution in [-0.4, -0.2) is 27.0 Å². The summed E-state index contributed by atoms with van der Waals surface area (Å²) in [4.78, 5) is 15.8. The van der Waals surface area contributed by atoms with Crippen molar-refractivity contribution in [3.05, 3.63) is 59.6 Å². The molecule has 0 atom stereocenters. The van der Waals surface area contributed by atoms with Gasteiger partial charge >= 0.3 is 6.36 Å². The van der Waals surface area contributed by atoms with E-state index in [1.54, 1.807) is 6.07 Å². The maximum atomic E-state index is 13.8. The fourth-order valence-corrected chi connectivity index (χ4v) is 3.24. The van der Waals surface area contributed by atoms with E-state index < -0.39 is 35.3 Å². The Morgan fingerprint density at radius 3 is 2.45 bits per heavy atom. The predicted octanol–water partition coefficient (Wildman–Crippen LogP) is 4.79. The number of alkyl halides is 3. The number of hydrogen-bond donors (Lipinski definition) is 1. The first-order chi connectivity index (χ1) is 14.6. The lowest BCUT2D eigenvalue weighted by Crippen LogP contribution is -2.17. The number of halogens is 5. The lowest BCUT2D eigenvalue weighted by atomic mass is 10.00. The zero-order valence-electron chi connectivity index (χ0n) is 16.0. The van der Waals surface area contributed by atoms with Crippen LogP contribution < -0.4 is 10.1 Å². The molecule has 0 saturated heterocycles. The van der Waals surface area contributed by atoms with Crippen LogP contribution in [0.1, 0.15) is 34.8 Å². The number of carbonyl (C=O) groups is 1. The zero-order chi connectivity index (χ0) is 22.3. The van der Waals surface area contributed by atoms with Gasteiger partial charge in [0.05, 0.1) is 18.1 Å². The molecular formula is C20H15F5N4O2. The van der Waals surface area contributed by atoms with Crippen LogP contribution in [0, 0.1) is 11.6 Å². The molecule has 1 aliphatic carbocycles. The van der Waals surface area contributed by atoms with Gasteiger partial charge in [-0.3, -0.25) is 14.5 Å². The highest BCUT2D eigenvalue weighted by atomic mass is 19.4. The third kappa shape index (κ3) is 4.49. The van der Waals surface area contributed by atoms with Crippen LogP contribution in [0.25, 0.3) is 11.3 Å². The molecule has 1 fully saturated rings. The van der Waals surface area contributed by atoms with E-state index in [9.17, 15) is 26.7 Å². The predicted molar refractivity (Wildman–Crippen MR) is 99.4 cm³/mol. The number of nitrogens with zero attached hydrogens (tertiary/aromatic N) is 3. The molecule has 6 nitrogen and oxygen atoms in total. The van der Waals surface area contributed by atoms with Gasteiger partial charge in [0.15, 0.2) is 17.3 Å². The lowest BCUT2D eigenvalue weighted by molar-refractivity contribution is -0.274. The molecule has 1 aromatic carbocycles. The number of anilines is 1. The Hall–Kier alpha value is -3.50. The Bertz CT molecular complexity index is 1130. The van der Waals surface area contributed by atoms with E-state index in [4.69, 9.17) is 0 Å². The molecule has 0 bridgehead atoms. The van der Waals surface area contributed by atoms with Gasteiger partial charge in [-0.15, -0.1) is 13.2 Å². The lowest BCUT2D eigenvalue weighted by Gasteiger charge is -2.13. The largest absolute Gasteiger partial charge is 0.573 e.